The number of ether oxygens (including phenoxy) is 1. The standard InChI is InChI=1S/C31H49N9O3.C2H6/c1-5-7-8-11-22(3)27(35-30(42)24(32)10-6-2)26-21-40-31(34-26)36-28(39-16-14-38(15-17-39)18-19-43-4)25(37-40)20-23-12-9-13-33-29(23)41;1-2/h6,10,21-23,27H,2,5,7-9,11-20,32H2,1,3-4H3,(H,33,41)(H,35,42);1-2H3/b24-10-;/t22?,23-,27?;/m1./s1. The normalized spacial score (nSPS) is 19.0. The van der Waals surface area contributed by atoms with Crippen molar-refractivity contribution in [1.29, 1.82) is 0 Å². The minimum absolute atomic E-state index is 0.0728. The fourth-order valence-electron chi connectivity index (χ4n) is 5.88. The number of carbonyl (C=O) groups excluding carboxylic acids is 2. The van der Waals surface area contributed by atoms with Crippen LogP contribution in [0.1, 0.15) is 83.6 Å². The Morgan fingerprint density at radius 3 is 2.67 bits per heavy atom. The number of hydrogen-bond donors (Lipinski definition) is 3. The molecule has 0 bridgehead atoms. The number of rotatable bonds is 15. The fourth-order valence-corrected chi connectivity index (χ4v) is 5.88. The molecule has 2 fully saturated rings. The minimum atomic E-state index is -0.370. The molecule has 0 aliphatic carbocycles. The highest BCUT2D eigenvalue weighted by atomic mass is 16.5. The van der Waals surface area contributed by atoms with E-state index in [0.717, 1.165) is 89.3 Å². The molecular formula is C33H55N9O3. The van der Waals surface area contributed by atoms with Crippen molar-refractivity contribution in [2.45, 2.75) is 78.7 Å². The van der Waals surface area contributed by atoms with Crippen LogP contribution in [0.2, 0.25) is 0 Å². The number of allylic oxidation sites excluding steroid dienone is 2. The molecule has 4 heterocycles. The molecular weight excluding hydrogens is 570 g/mol. The fraction of sp³-hybridized carbons (Fsp3) is 0.667. The second kappa shape index (κ2) is 18.5. The monoisotopic (exact) mass is 625 g/mol. The van der Waals surface area contributed by atoms with Gasteiger partial charge >= 0.3 is 0 Å². The van der Waals surface area contributed by atoms with Crippen LogP contribution in [0.25, 0.3) is 5.78 Å². The van der Waals surface area contributed by atoms with Crippen LogP contribution in [-0.4, -0.2) is 89.3 Å². The number of anilines is 1. The smallest absolute Gasteiger partial charge is 0.267 e. The van der Waals surface area contributed by atoms with Crippen molar-refractivity contribution in [3.63, 3.8) is 0 Å². The zero-order valence-corrected chi connectivity index (χ0v) is 28.1. The highest BCUT2D eigenvalue weighted by Gasteiger charge is 2.30. The maximum absolute atomic E-state index is 13.0. The van der Waals surface area contributed by atoms with E-state index in [2.05, 4.69) is 40.9 Å². The van der Waals surface area contributed by atoms with E-state index in [1.807, 2.05) is 20.0 Å². The molecule has 250 valence electrons. The van der Waals surface area contributed by atoms with E-state index in [1.165, 1.54) is 12.2 Å². The van der Waals surface area contributed by atoms with Gasteiger partial charge in [-0.3, -0.25) is 14.5 Å². The Hall–Kier alpha value is -3.51. The van der Waals surface area contributed by atoms with Gasteiger partial charge in [-0.15, -0.1) is 0 Å². The summed E-state index contributed by atoms with van der Waals surface area (Å²) in [7, 11) is 1.72. The van der Waals surface area contributed by atoms with Crippen molar-refractivity contribution in [3.8, 4) is 0 Å². The summed E-state index contributed by atoms with van der Waals surface area (Å²) in [6, 6.07) is -0.370. The molecule has 2 amide bonds. The zero-order valence-electron chi connectivity index (χ0n) is 28.1. The van der Waals surface area contributed by atoms with Crippen LogP contribution in [0.4, 0.5) is 5.82 Å². The number of amides is 2. The van der Waals surface area contributed by atoms with Crippen molar-refractivity contribution < 1.29 is 14.3 Å². The predicted molar refractivity (Wildman–Crippen MR) is 179 cm³/mol. The maximum Gasteiger partial charge on any atom is 0.267 e. The molecule has 2 aliphatic rings. The van der Waals surface area contributed by atoms with Gasteiger partial charge in [0.05, 0.1) is 30.2 Å². The third-order valence-corrected chi connectivity index (χ3v) is 8.50. The Morgan fingerprint density at radius 1 is 1.24 bits per heavy atom. The molecule has 12 heteroatoms. The van der Waals surface area contributed by atoms with Crippen LogP contribution in [0.3, 0.4) is 0 Å². The van der Waals surface area contributed by atoms with Crippen LogP contribution in [0.15, 0.2) is 30.6 Å². The number of nitrogens with two attached hydrogens (primary N) is 1. The number of carbonyl (C=O) groups is 2. The first-order chi connectivity index (χ1) is 21.8. The van der Waals surface area contributed by atoms with Crippen molar-refractivity contribution >= 4 is 23.4 Å². The Kier molecular flexibility index (Phi) is 14.8. The Bertz CT molecular complexity index is 1270. The predicted octanol–water partition coefficient (Wildman–Crippen LogP) is 3.39. The van der Waals surface area contributed by atoms with Crippen LogP contribution in [0.5, 0.6) is 0 Å². The van der Waals surface area contributed by atoms with Gasteiger partial charge in [-0.05, 0) is 31.3 Å². The second-order valence-corrected chi connectivity index (χ2v) is 11.7. The van der Waals surface area contributed by atoms with E-state index in [1.54, 1.807) is 11.6 Å². The first-order valence-corrected chi connectivity index (χ1v) is 16.7. The third kappa shape index (κ3) is 9.99. The molecule has 2 unspecified atom stereocenters. The zero-order chi connectivity index (χ0) is 32.8. The topological polar surface area (TPSA) is 143 Å². The lowest BCUT2D eigenvalue weighted by atomic mass is 9.93. The van der Waals surface area contributed by atoms with E-state index in [9.17, 15) is 9.59 Å². The SMILES string of the molecule is C=C/C=C(\N)C(=O)NC(c1cn2nc(C[C@H]3CCCNC3=O)c(N3CCN(CCOC)CC3)nc2n1)C(C)CCCCC.CC. The Morgan fingerprint density at radius 2 is 2.00 bits per heavy atom. The van der Waals surface area contributed by atoms with E-state index >= 15 is 0 Å². The number of hydrogen-bond acceptors (Lipinski definition) is 9. The second-order valence-electron chi connectivity index (χ2n) is 11.7. The van der Waals surface area contributed by atoms with Gasteiger partial charge in [-0.1, -0.05) is 59.6 Å². The van der Waals surface area contributed by atoms with Crippen LogP contribution >= 0.6 is 0 Å². The van der Waals surface area contributed by atoms with Gasteiger partial charge in [-0.2, -0.15) is 10.1 Å². The lowest BCUT2D eigenvalue weighted by Crippen LogP contribution is -2.48. The first kappa shape index (κ1) is 36.0. The average Bonchev–Trinajstić information content (AvgIpc) is 3.47. The van der Waals surface area contributed by atoms with Crippen LogP contribution in [-0.2, 0) is 20.7 Å². The average molecular weight is 626 g/mol. The molecule has 2 saturated heterocycles. The number of methoxy groups -OCH3 is 1. The number of fused-ring (bicyclic) bond motifs is 1. The summed E-state index contributed by atoms with van der Waals surface area (Å²) in [6.07, 6.45) is 11.4. The lowest BCUT2D eigenvalue weighted by Gasteiger charge is -2.36. The number of nitrogens with zero attached hydrogens (tertiary/aromatic N) is 6. The molecule has 2 aromatic heterocycles. The number of nitrogens with one attached hydrogen (secondary N) is 2. The van der Waals surface area contributed by atoms with Crippen LogP contribution in [0, 0.1) is 11.8 Å². The molecule has 2 aliphatic heterocycles. The molecule has 0 spiro atoms. The highest BCUT2D eigenvalue weighted by molar-refractivity contribution is 5.93. The third-order valence-electron chi connectivity index (χ3n) is 8.50. The molecule has 2 aromatic rings. The Labute approximate surface area is 268 Å². The molecule has 3 atom stereocenters. The number of piperazine rings is 1. The van der Waals surface area contributed by atoms with Gasteiger partial charge in [0.15, 0.2) is 5.82 Å². The van der Waals surface area contributed by atoms with Crippen molar-refractivity contribution in [2.24, 2.45) is 17.6 Å². The van der Waals surface area contributed by atoms with Gasteiger partial charge in [-0.25, -0.2) is 9.50 Å². The summed E-state index contributed by atoms with van der Waals surface area (Å²) in [6.45, 7) is 17.6. The van der Waals surface area contributed by atoms with Crippen molar-refractivity contribution in [2.75, 3.05) is 57.9 Å². The molecule has 0 saturated carbocycles. The number of imidazole rings is 1. The number of unbranched alkanes of at least 4 members (excludes halogenated alkanes) is 2. The lowest BCUT2D eigenvalue weighted by molar-refractivity contribution is -0.126. The molecule has 45 heavy (non-hydrogen) atoms. The summed E-state index contributed by atoms with van der Waals surface area (Å²) in [4.78, 5) is 40.2. The minimum Gasteiger partial charge on any atom is -0.394 e. The Balaban J connectivity index is 0.00000271. The maximum atomic E-state index is 13.0. The molecule has 4 N–H and O–H groups in total. The first-order valence-electron chi connectivity index (χ1n) is 16.7. The van der Waals surface area contributed by atoms with Gasteiger partial charge in [0.25, 0.3) is 11.7 Å². The number of piperidine rings is 1. The van der Waals surface area contributed by atoms with E-state index in [0.29, 0.717) is 24.5 Å². The van der Waals surface area contributed by atoms with Gasteiger partial charge < -0.3 is 26.0 Å². The highest BCUT2D eigenvalue weighted by Crippen LogP contribution is 2.29. The van der Waals surface area contributed by atoms with E-state index in [4.69, 9.17) is 25.5 Å². The summed E-state index contributed by atoms with van der Waals surface area (Å²) >= 11 is 0. The van der Waals surface area contributed by atoms with Crippen LogP contribution < -0.4 is 21.3 Å². The summed E-state index contributed by atoms with van der Waals surface area (Å²) in [5, 5.41) is 11.1. The van der Waals surface area contributed by atoms with Gasteiger partial charge in [0.2, 0.25) is 5.91 Å². The summed E-state index contributed by atoms with van der Waals surface area (Å²) < 4.78 is 6.96. The molecule has 12 nitrogen and oxygen atoms in total. The van der Waals surface area contributed by atoms with Crippen molar-refractivity contribution in [3.05, 3.63) is 42.0 Å². The molecule has 0 aromatic carbocycles. The summed E-state index contributed by atoms with van der Waals surface area (Å²) in [5.74, 6) is 0.935. The quantitative estimate of drug-likeness (QED) is 0.154. The van der Waals surface area contributed by atoms with E-state index in [-0.39, 0.29) is 35.4 Å². The van der Waals surface area contributed by atoms with Gasteiger partial charge in [0, 0.05) is 58.7 Å². The largest absolute Gasteiger partial charge is 0.394 e. The molecule has 4 rings (SSSR count). The number of aromatic nitrogens is 4. The van der Waals surface area contributed by atoms with Crippen molar-refractivity contribution in [1.82, 2.24) is 35.1 Å². The van der Waals surface area contributed by atoms with Gasteiger partial charge in [0.1, 0.15) is 5.69 Å². The van der Waals surface area contributed by atoms with E-state index < -0.39 is 0 Å². The molecule has 0 radical (unpaired) electrons. The summed E-state index contributed by atoms with van der Waals surface area (Å²) in [5.41, 5.74) is 7.56.